The average Bonchev–Trinajstić information content (AvgIpc) is 3.21. The first-order chi connectivity index (χ1) is 14.0. The van der Waals surface area contributed by atoms with Gasteiger partial charge in [0.2, 0.25) is 0 Å². The molecule has 0 saturated carbocycles. The molecule has 7 nitrogen and oxygen atoms in total. The van der Waals surface area contributed by atoms with Gasteiger partial charge in [-0.2, -0.15) is 0 Å². The second-order valence-corrected chi connectivity index (χ2v) is 7.88. The van der Waals surface area contributed by atoms with Crippen molar-refractivity contribution in [2.24, 2.45) is 0 Å². The normalized spacial score (nSPS) is 24.5. The van der Waals surface area contributed by atoms with E-state index in [2.05, 4.69) is 28.7 Å². The third kappa shape index (κ3) is 4.57. The lowest BCUT2D eigenvalue weighted by atomic mass is 10.0. The average molecular weight is 396 g/mol. The number of aromatic nitrogens is 2. The van der Waals surface area contributed by atoms with Crippen molar-refractivity contribution >= 4 is 11.5 Å². The number of benzene rings is 1. The Morgan fingerprint density at radius 2 is 1.97 bits per heavy atom. The van der Waals surface area contributed by atoms with Gasteiger partial charge in [-0.05, 0) is 38.5 Å². The molecule has 154 valence electrons. The third-order valence-electron chi connectivity index (χ3n) is 5.32. The molecule has 1 aromatic heterocycles. The summed E-state index contributed by atoms with van der Waals surface area (Å²) in [5, 5.41) is 8.77. The van der Waals surface area contributed by atoms with Gasteiger partial charge in [-0.1, -0.05) is 6.07 Å². The van der Waals surface area contributed by atoms with Crippen LogP contribution in [-0.2, 0) is 9.47 Å². The van der Waals surface area contributed by atoms with E-state index in [9.17, 15) is 0 Å². The Hall–Kier alpha value is -2.51. The second-order valence-electron chi connectivity index (χ2n) is 7.88. The maximum absolute atomic E-state index is 8.77. The van der Waals surface area contributed by atoms with Crippen molar-refractivity contribution in [3.05, 3.63) is 47.4 Å². The SMILES string of the molecule is Cc1ccc(O[C@@H]2CCOC2)cc1C(=N)c1cc(N2C[C@@H](C)O[C@@H](C)C2)ncn1. The molecule has 29 heavy (non-hydrogen) atoms. The van der Waals surface area contributed by atoms with E-state index in [1.165, 1.54) is 6.33 Å². The summed E-state index contributed by atoms with van der Waals surface area (Å²) >= 11 is 0. The van der Waals surface area contributed by atoms with Crippen LogP contribution in [0.5, 0.6) is 5.75 Å². The smallest absolute Gasteiger partial charge is 0.132 e. The summed E-state index contributed by atoms with van der Waals surface area (Å²) < 4.78 is 17.2. The van der Waals surface area contributed by atoms with Gasteiger partial charge in [-0.3, -0.25) is 5.41 Å². The van der Waals surface area contributed by atoms with Crippen LogP contribution in [0.1, 0.15) is 37.1 Å². The first kappa shape index (κ1) is 19.8. The highest BCUT2D eigenvalue weighted by molar-refractivity contribution is 6.11. The molecule has 0 unspecified atom stereocenters. The summed E-state index contributed by atoms with van der Waals surface area (Å²) in [4.78, 5) is 11.0. The maximum Gasteiger partial charge on any atom is 0.132 e. The molecule has 2 aliphatic heterocycles. The molecule has 2 fully saturated rings. The van der Waals surface area contributed by atoms with Crippen LogP contribution in [0.15, 0.2) is 30.6 Å². The molecule has 4 rings (SSSR count). The van der Waals surface area contributed by atoms with Crippen molar-refractivity contribution in [2.75, 3.05) is 31.2 Å². The largest absolute Gasteiger partial charge is 0.488 e. The van der Waals surface area contributed by atoms with Gasteiger partial charge < -0.3 is 19.1 Å². The summed E-state index contributed by atoms with van der Waals surface area (Å²) in [5.41, 5.74) is 2.80. The van der Waals surface area contributed by atoms with Crippen molar-refractivity contribution in [3.8, 4) is 5.75 Å². The van der Waals surface area contributed by atoms with Gasteiger partial charge in [-0.25, -0.2) is 9.97 Å². The molecule has 2 saturated heterocycles. The zero-order valence-electron chi connectivity index (χ0n) is 17.2. The van der Waals surface area contributed by atoms with E-state index >= 15 is 0 Å². The Kier molecular flexibility index (Phi) is 5.78. The Bertz CT molecular complexity index is 872. The van der Waals surface area contributed by atoms with Crippen molar-refractivity contribution in [3.63, 3.8) is 0 Å². The number of hydrogen-bond donors (Lipinski definition) is 1. The predicted molar refractivity (Wildman–Crippen MR) is 111 cm³/mol. The van der Waals surface area contributed by atoms with Crippen molar-refractivity contribution < 1.29 is 14.2 Å². The molecular weight excluding hydrogens is 368 g/mol. The van der Waals surface area contributed by atoms with Crippen LogP contribution in [0.3, 0.4) is 0 Å². The van der Waals surface area contributed by atoms with Gasteiger partial charge in [0.15, 0.2) is 0 Å². The number of rotatable bonds is 5. The van der Waals surface area contributed by atoms with Crippen LogP contribution in [0.4, 0.5) is 5.82 Å². The van der Waals surface area contributed by atoms with Crippen LogP contribution in [-0.4, -0.2) is 60.3 Å². The number of nitrogens with zero attached hydrogens (tertiary/aromatic N) is 3. The lowest BCUT2D eigenvalue weighted by Gasteiger charge is -2.36. The van der Waals surface area contributed by atoms with E-state index in [1.54, 1.807) is 0 Å². The molecule has 0 aliphatic carbocycles. The molecule has 3 atom stereocenters. The van der Waals surface area contributed by atoms with Crippen molar-refractivity contribution in [1.82, 2.24) is 9.97 Å². The topological polar surface area (TPSA) is 80.6 Å². The van der Waals surface area contributed by atoms with E-state index in [4.69, 9.17) is 19.6 Å². The van der Waals surface area contributed by atoms with Crippen LogP contribution in [0.25, 0.3) is 0 Å². The molecular formula is C22H28N4O3. The Labute approximate surface area is 171 Å². The quantitative estimate of drug-likeness (QED) is 0.783. The minimum Gasteiger partial charge on any atom is -0.488 e. The fraction of sp³-hybridized carbons (Fsp3) is 0.500. The van der Waals surface area contributed by atoms with Crippen LogP contribution < -0.4 is 9.64 Å². The summed E-state index contributed by atoms with van der Waals surface area (Å²) in [7, 11) is 0. The number of hydrogen-bond acceptors (Lipinski definition) is 7. The summed E-state index contributed by atoms with van der Waals surface area (Å²) in [6, 6.07) is 7.76. The first-order valence-corrected chi connectivity index (χ1v) is 10.2. The van der Waals surface area contributed by atoms with Crippen LogP contribution in [0.2, 0.25) is 0 Å². The van der Waals surface area contributed by atoms with Gasteiger partial charge in [0.05, 0.1) is 36.8 Å². The summed E-state index contributed by atoms with van der Waals surface area (Å²) in [6.07, 6.45) is 2.80. The lowest BCUT2D eigenvalue weighted by Crippen LogP contribution is -2.45. The fourth-order valence-electron chi connectivity index (χ4n) is 3.90. The highest BCUT2D eigenvalue weighted by Crippen LogP contribution is 2.24. The second kappa shape index (κ2) is 8.47. The highest BCUT2D eigenvalue weighted by atomic mass is 16.5. The molecule has 2 aromatic rings. The molecule has 0 amide bonds. The molecule has 7 heteroatoms. The summed E-state index contributed by atoms with van der Waals surface area (Å²) in [5.74, 6) is 1.59. The standard InChI is InChI=1S/C22H28N4O3/c1-14-4-5-17(29-18-6-7-27-12-18)8-19(14)22(23)20-9-21(25-13-24-20)26-10-15(2)28-16(3)11-26/h4-5,8-9,13,15-16,18,23H,6-7,10-12H2,1-3H3/t15-,16+,18-/m1/s1. The monoisotopic (exact) mass is 396 g/mol. The van der Waals surface area contributed by atoms with Crippen molar-refractivity contribution in [2.45, 2.75) is 45.5 Å². The molecule has 0 bridgehead atoms. The Balaban J connectivity index is 1.56. The first-order valence-electron chi connectivity index (χ1n) is 10.2. The minimum absolute atomic E-state index is 0.0793. The zero-order chi connectivity index (χ0) is 20.4. The van der Waals surface area contributed by atoms with E-state index in [0.29, 0.717) is 18.0 Å². The molecule has 0 spiro atoms. The number of ether oxygens (including phenoxy) is 3. The molecule has 0 radical (unpaired) electrons. The molecule has 1 aromatic carbocycles. The highest BCUT2D eigenvalue weighted by Gasteiger charge is 2.24. The third-order valence-corrected chi connectivity index (χ3v) is 5.32. The minimum atomic E-state index is 0.0793. The van der Waals surface area contributed by atoms with Gasteiger partial charge in [0, 0.05) is 31.1 Å². The van der Waals surface area contributed by atoms with Gasteiger partial charge in [-0.15, -0.1) is 0 Å². The lowest BCUT2D eigenvalue weighted by molar-refractivity contribution is -0.00546. The van der Waals surface area contributed by atoms with E-state index in [-0.39, 0.29) is 18.3 Å². The number of anilines is 1. The number of aryl methyl sites for hydroxylation is 1. The van der Waals surface area contributed by atoms with Crippen LogP contribution >= 0.6 is 0 Å². The van der Waals surface area contributed by atoms with E-state index in [1.807, 2.05) is 31.2 Å². The Morgan fingerprint density at radius 1 is 1.17 bits per heavy atom. The van der Waals surface area contributed by atoms with Gasteiger partial charge >= 0.3 is 0 Å². The number of morpholine rings is 1. The molecule has 1 N–H and O–H groups in total. The summed E-state index contributed by atoms with van der Waals surface area (Å²) in [6.45, 7) is 9.04. The van der Waals surface area contributed by atoms with Gasteiger partial charge in [0.1, 0.15) is 24.0 Å². The van der Waals surface area contributed by atoms with E-state index in [0.717, 1.165) is 48.8 Å². The Morgan fingerprint density at radius 3 is 2.69 bits per heavy atom. The molecule has 2 aliphatic rings. The number of nitrogens with one attached hydrogen (secondary N) is 1. The predicted octanol–water partition coefficient (Wildman–Crippen LogP) is 2.98. The van der Waals surface area contributed by atoms with Crippen LogP contribution in [0, 0.1) is 12.3 Å². The zero-order valence-corrected chi connectivity index (χ0v) is 17.2. The van der Waals surface area contributed by atoms with Crippen molar-refractivity contribution in [1.29, 1.82) is 5.41 Å². The van der Waals surface area contributed by atoms with E-state index < -0.39 is 0 Å². The van der Waals surface area contributed by atoms with Gasteiger partial charge in [0.25, 0.3) is 0 Å². The maximum atomic E-state index is 8.77. The molecule has 3 heterocycles. The fourth-order valence-corrected chi connectivity index (χ4v) is 3.90.